The summed E-state index contributed by atoms with van der Waals surface area (Å²) in [4.78, 5) is 32.6. The van der Waals surface area contributed by atoms with Crippen LogP contribution in [0.2, 0.25) is 0 Å². The molecule has 0 radical (unpaired) electrons. The molecular weight excluding hydrogens is 414 g/mol. The standard InChI is InChI=1S/C26H39N5O2/c1-5-11-30-17-19(25(32)31(26(33)27-6-2)13-8-12-29(3)4)14-21-20-9-7-10-22-24(20)18(16-28-22)15-23(21)30/h5,7,9,16,19,21-23,28H,1,6,8,10-15,17H2,2-4H3,(H,27,33)/t19-,21-,22?,23-/m1/s1. The summed E-state index contributed by atoms with van der Waals surface area (Å²) in [6, 6.07) is 0.474. The van der Waals surface area contributed by atoms with Crippen LogP contribution in [0.3, 0.4) is 0 Å². The fourth-order valence-electron chi connectivity index (χ4n) is 5.99. The number of imide groups is 1. The second kappa shape index (κ2) is 10.3. The lowest BCUT2D eigenvalue weighted by atomic mass is 9.67. The molecular formula is C26H39N5O2. The number of hydrogen-bond acceptors (Lipinski definition) is 5. The van der Waals surface area contributed by atoms with Crippen molar-refractivity contribution >= 4 is 11.9 Å². The summed E-state index contributed by atoms with van der Waals surface area (Å²) in [5, 5.41) is 6.41. The van der Waals surface area contributed by atoms with E-state index in [4.69, 9.17) is 0 Å². The molecule has 1 fully saturated rings. The van der Waals surface area contributed by atoms with Crippen LogP contribution in [0.1, 0.15) is 32.6 Å². The smallest absolute Gasteiger partial charge is 0.324 e. The van der Waals surface area contributed by atoms with Crippen LogP contribution in [0, 0.1) is 11.8 Å². The fourth-order valence-corrected chi connectivity index (χ4v) is 5.99. The van der Waals surface area contributed by atoms with Crippen molar-refractivity contribution in [2.24, 2.45) is 11.8 Å². The first-order valence-electron chi connectivity index (χ1n) is 12.4. The summed E-state index contributed by atoms with van der Waals surface area (Å²) in [7, 11) is 4.02. The van der Waals surface area contributed by atoms with E-state index in [-0.39, 0.29) is 17.9 Å². The lowest BCUT2D eigenvalue weighted by molar-refractivity contribution is -0.135. The Bertz CT molecular complexity index is 874. The maximum atomic E-state index is 13.8. The Balaban J connectivity index is 1.59. The fraction of sp³-hybridized carbons (Fsp3) is 0.615. The van der Waals surface area contributed by atoms with Crippen molar-refractivity contribution in [3.8, 4) is 0 Å². The summed E-state index contributed by atoms with van der Waals surface area (Å²) in [5.74, 6) is 0.0617. The first-order chi connectivity index (χ1) is 15.9. The molecule has 2 N–H and O–H groups in total. The van der Waals surface area contributed by atoms with Crippen molar-refractivity contribution in [1.82, 2.24) is 25.3 Å². The number of carbonyl (C=O) groups is 2. The van der Waals surface area contributed by atoms with Gasteiger partial charge in [-0.05, 0) is 70.0 Å². The van der Waals surface area contributed by atoms with Crippen LogP contribution in [0.15, 0.2) is 47.7 Å². The summed E-state index contributed by atoms with van der Waals surface area (Å²) in [5.41, 5.74) is 4.27. The summed E-state index contributed by atoms with van der Waals surface area (Å²) in [6.07, 6.45) is 12.3. The van der Waals surface area contributed by atoms with Gasteiger partial charge in [-0.2, -0.15) is 0 Å². The van der Waals surface area contributed by atoms with Crippen molar-refractivity contribution in [3.05, 3.63) is 47.7 Å². The highest BCUT2D eigenvalue weighted by atomic mass is 16.2. The molecule has 4 rings (SSSR count). The van der Waals surface area contributed by atoms with E-state index >= 15 is 0 Å². The van der Waals surface area contributed by atoms with E-state index in [1.54, 1.807) is 0 Å². The van der Waals surface area contributed by atoms with Gasteiger partial charge in [-0.15, -0.1) is 6.58 Å². The van der Waals surface area contributed by atoms with Gasteiger partial charge in [-0.3, -0.25) is 14.6 Å². The maximum Gasteiger partial charge on any atom is 0.324 e. The molecule has 7 nitrogen and oxygen atoms in total. The number of hydrogen-bond donors (Lipinski definition) is 2. The van der Waals surface area contributed by atoms with Gasteiger partial charge in [0.2, 0.25) is 5.91 Å². The number of piperidine rings is 1. The summed E-state index contributed by atoms with van der Waals surface area (Å²) < 4.78 is 0. The molecule has 3 amide bonds. The highest BCUT2D eigenvalue weighted by molar-refractivity contribution is 5.95. The van der Waals surface area contributed by atoms with Gasteiger partial charge < -0.3 is 15.5 Å². The van der Waals surface area contributed by atoms with Gasteiger partial charge in [0.05, 0.1) is 12.0 Å². The Morgan fingerprint density at radius 3 is 2.88 bits per heavy atom. The minimum Gasteiger partial charge on any atom is -0.384 e. The molecule has 4 aliphatic rings. The van der Waals surface area contributed by atoms with Crippen LogP contribution >= 0.6 is 0 Å². The second-order valence-corrected chi connectivity index (χ2v) is 9.93. The third-order valence-corrected chi connectivity index (χ3v) is 7.43. The predicted octanol–water partition coefficient (Wildman–Crippen LogP) is 2.50. The number of urea groups is 1. The highest BCUT2D eigenvalue weighted by Gasteiger charge is 2.47. The molecule has 2 aliphatic carbocycles. The number of allylic oxidation sites excluding steroid dienone is 1. The van der Waals surface area contributed by atoms with Crippen molar-refractivity contribution in [2.75, 3.05) is 46.8 Å². The normalized spacial score (nSPS) is 28.1. The van der Waals surface area contributed by atoms with Crippen molar-refractivity contribution in [3.63, 3.8) is 0 Å². The molecule has 7 heteroatoms. The zero-order valence-electron chi connectivity index (χ0n) is 20.3. The molecule has 33 heavy (non-hydrogen) atoms. The monoisotopic (exact) mass is 453 g/mol. The Labute approximate surface area is 198 Å². The Kier molecular flexibility index (Phi) is 7.39. The third-order valence-electron chi connectivity index (χ3n) is 7.43. The molecule has 0 aromatic rings. The van der Waals surface area contributed by atoms with Gasteiger partial charge in [0.15, 0.2) is 0 Å². The SMILES string of the molecule is C=CCN1C[C@H](C(=O)N(CCCN(C)C)C(=O)NCC)C[C@@H]2C3=C4C(=CNC4CC=C3)C[C@H]21. The topological polar surface area (TPSA) is 67.9 Å². The lowest BCUT2D eigenvalue weighted by Gasteiger charge is -2.49. The number of fused-ring (bicyclic) bond motifs is 2. The largest absolute Gasteiger partial charge is 0.384 e. The lowest BCUT2D eigenvalue weighted by Crippen LogP contribution is -2.56. The van der Waals surface area contributed by atoms with E-state index in [9.17, 15) is 9.59 Å². The van der Waals surface area contributed by atoms with E-state index in [0.717, 1.165) is 38.8 Å². The molecule has 0 spiro atoms. The summed E-state index contributed by atoms with van der Waals surface area (Å²) >= 11 is 0. The molecule has 0 bridgehead atoms. The van der Waals surface area contributed by atoms with Crippen LogP contribution in [-0.2, 0) is 4.79 Å². The average Bonchev–Trinajstić information content (AvgIpc) is 3.21. The van der Waals surface area contributed by atoms with E-state index in [1.807, 2.05) is 27.1 Å². The van der Waals surface area contributed by atoms with Gasteiger partial charge in [0.25, 0.3) is 0 Å². The van der Waals surface area contributed by atoms with Gasteiger partial charge in [0.1, 0.15) is 0 Å². The minimum atomic E-state index is -0.271. The first kappa shape index (κ1) is 23.8. The predicted molar refractivity (Wildman–Crippen MR) is 132 cm³/mol. The summed E-state index contributed by atoms with van der Waals surface area (Å²) in [6.45, 7) is 9.09. The molecule has 0 saturated carbocycles. The zero-order valence-corrected chi connectivity index (χ0v) is 20.3. The van der Waals surface area contributed by atoms with E-state index in [1.165, 1.54) is 21.6 Å². The number of nitrogens with zero attached hydrogens (tertiary/aromatic N) is 3. The molecule has 2 aliphatic heterocycles. The average molecular weight is 454 g/mol. The molecule has 1 saturated heterocycles. The molecule has 180 valence electrons. The number of carbonyl (C=O) groups excluding carboxylic acids is 2. The number of likely N-dealkylation sites (tertiary alicyclic amines) is 1. The van der Waals surface area contributed by atoms with Gasteiger partial charge >= 0.3 is 6.03 Å². The van der Waals surface area contributed by atoms with Crippen molar-refractivity contribution < 1.29 is 9.59 Å². The van der Waals surface area contributed by atoms with E-state index in [0.29, 0.717) is 37.6 Å². The van der Waals surface area contributed by atoms with E-state index in [2.05, 4.69) is 45.4 Å². The molecule has 1 unspecified atom stereocenters. The molecule has 0 aromatic carbocycles. The van der Waals surface area contributed by atoms with Crippen LogP contribution in [-0.4, -0.2) is 85.5 Å². The molecule has 4 atom stereocenters. The van der Waals surface area contributed by atoms with Crippen LogP contribution in [0.4, 0.5) is 4.79 Å². The minimum absolute atomic E-state index is 0.0416. The van der Waals surface area contributed by atoms with Crippen LogP contribution < -0.4 is 10.6 Å². The zero-order chi connectivity index (χ0) is 23.5. The van der Waals surface area contributed by atoms with Gasteiger partial charge in [0, 0.05) is 44.3 Å². The van der Waals surface area contributed by atoms with Gasteiger partial charge in [-0.1, -0.05) is 18.2 Å². The maximum absolute atomic E-state index is 13.8. The van der Waals surface area contributed by atoms with Crippen molar-refractivity contribution in [2.45, 2.75) is 44.7 Å². The number of amides is 3. The van der Waals surface area contributed by atoms with E-state index < -0.39 is 0 Å². The molecule has 2 heterocycles. The van der Waals surface area contributed by atoms with Crippen molar-refractivity contribution in [1.29, 1.82) is 0 Å². The van der Waals surface area contributed by atoms with Gasteiger partial charge in [-0.25, -0.2) is 4.79 Å². The Morgan fingerprint density at radius 1 is 1.33 bits per heavy atom. The molecule has 0 aromatic heterocycles. The quantitative estimate of drug-likeness (QED) is 0.553. The second-order valence-electron chi connectivity index (χ2n) is 9.93. The number of rotatable bonds is 8. The Hall–Kier alpha value is -2.38. The van der Waals surface area contributed by atoms with Crippen LogP contribution in [0.25, 0.3) is 0 Å². The first-order valence-corrected chi connectivity index (χ1v) is 12.4. The Morgan fingerprint density at radius 2 is 2.15 bits per heavy atom. The number of nitrogens with one attached hydrogen (secondary N) is 2. The van der Waals surface area contributed by atoms with Crippen LogP contribution in [0.5, 0.6) is 0 Å². The highest BCUT2D eigenvalue weighted by Crippen LogP contribution is 2.47. The third kappa shape index (κ3) is 4.80.